The van der Waals surface area contributed by atoms with Gasteiger partial charge in [0, 0.05) is 5.33 Å². The van der Waals surface area contributed by atoms with Crippen LogP contribution in [0, 0.1) is 0 Å². The van der Waals surface area contributed by atoms with Crippen molar-refractivity contribution in [3.8, 4) is 0 Å². The molecular weight excluding hydrogens is 308 g/mol. The number of hydrogen-bond acceptors (Lipinski definition) is 6. The predicted octanol–water partition coefficient (Wildman–Crippen LogP) is 0.355. The maximum Gasteiger partial charge on any atom is 0.307 e. The van der Waals surface area contributed by atoms with Crippen LogP contribution in [0.25, 0.3) is 0 Å². The number of aliphatic hydroxyl groups is 1. The lowest BCUT2D eigenvalue weighted by Crippen LogP contribution is -2.23. The molecule has 0 aliphatic rings. The molecule has 0 aliphatic carbocycles. The summed E-state index contributed by atoms with van der Waals surface area (Å²) in [6.07, 6.45) is -0.390. The van der Waals surface area contributed by atoms with Crippen molar-refractivity contribution >= 4 is 21.9 Å². The van der Waals surface area contributed by atoms with Gasteiger partial charge in [0.25, 0.3) is 0 Å². The largest absolute Gasteiger partial charge is 0.469 e. The Morgan fingerprint density at radius 3 is 2.33 bits per heavy atom. The summed E-state index contributed by atoms with van der Waals surface area (Å²) in [5, 5.41) is 10.2. The van der Waals surface area contributed by atoms with Crippen LogP contribution < -0.4 is 0 Å². The number of carbonyl (C=O) groups is 1. The van der Waals surface area contributed by atoms with Crippen LogP contribution in [0.3, 0.4) is 0 Å². The lowest BCUT2D eigenvalue weighted by Gasteiger charge is -2.11. The minimum Gasteiger partial charge on any atom is -0.469 e. The maximum absolute atomic E-state index is 10.7. The number of aliphatic hydroxyl groups excluding tert-OH is 1. The van der Waals surface area contributed by atoms with E-state index in [1.807, 2.05) is 0 Å². The monoisotopic (exact) mass is 328 g/mol. The third-order valence-corrected chi connectivity index (χ3v) is 2.22. The predicted molar refractivity (Wildman–Crippen MR) is 68.9 cm³/mol. The van der Waals surface area contributed by atoms with Gasteiger partial charge in [-0.3, -0.25) is 4.79 Å². The highest BCUT2D eigenvalue weighted by Gasteiger charge is 2.04. The molecule has 0 rings (SSSR count). The molecule has 18 heavy (non-hydrogen) atoms. The van der Waals surface area contributed by atoms with Crippen molar-refractivity contribution in [2.45, 2.75) is 12.5 Å². The molecule has 0 aromatic rings. The van der Waals surface area contributed by atoms with E-state index in [4.69, 9.17) is 14.2 Å². The van der Waals surface area contributed by atoms with Crippen molar-refractivity contribution in [1.29, 1.82) is 0 Å². The van der Waals surface area contributed by atoms with Gasteiger partial charge in [0.15, 0.2) is 0 Å². The van der Waals surface area contributed by atoms with Crippen LogP contribution in [0.5, 0.6) is 0 Å². The Balaban J connectivity index is 3.17. The first kappa shape index (κ1) is 17.8. The summed E-state index contributed by atoms with van der Waals surface area (Å²) in [7, 11) is 1.34. The van der Waals surface area contributed by atoms with Gasteiger partial charge < -0.3 is 24.1 Å². The third kappa shape index (κ3) is 12.3. The highest BCUT2D eigenvalue weighted by molar-refractivity contribution is 9.09. The summed E-state index contributed by atoms with van der Waals surface area (Å²) in [4.78, 5) is 10.7. The van der Waals surface area contributed by atoms with Crippen LogP contribution in [-0.2, 0) is 23.7 Å². The third-order valence-electron chi connectivity index (χ3n) is 1.89. The molecule has 0 amide bonds. The van der Waals surface area contributed by atoms with Crippen molar-refractivity contribution in [1.82, 2.24) is 0 Å². The van der Waals surface area contributed by atoms with E-state index in [-0.39, 0.29) is 25.6 Å². The number of rotatable bonds is 12. The van der Waals surface area contributed by atoms with Gasteiger partial charge in [-0.05, 0) is 0 Å². The normalized spacial score (nSPS) is 12.4. The highest BCUT2D eigenvalue weighted by Crippen LogP contribution is 1.91. The van der Waals surface area contributed by atoms with E-state index >= 15 is 0 Å². The fourth-order valence-corrected chi connectivity index (χ4v) is 1.25. The summed E-state index contributed by atoms with van der Waals surface area (Å²) < 4.78 is 19.9. The van der Waals surface area contributed by atoms with Gasteiger partial charge in [0.05, 0.1) is 53.2 Å². The molecule has 0 bridgehead atoms. The smallest absolute Gasteiger partial charge is 0.307 e. The van der Waals surface area contributed by atoms with Crippen molar-refractivity contribution in [3.63, 3.8) is 0 Å². The van der Waals surface area contributed by atoms with E-state index in [1.54, 1.807) is 0 Å². The molecule has 0 saturated heterocycles. The Kier molecular flexibility index (Phi) is 13.1. The zero-order chi connectivity index (χ0) is 13.6. The summed E-state index contributed by atoms with van der Waals surface area (Å²) in [5.74, 6) is -0.296. The second kappa shape index (κ2) is 13.2. The molecular formula is C11H21BrO6. The van der Waals surface area contributed by atoms with Crippen LogP contribution in [0.1, 0.15) is 6.42 Å². The SMILES string of the molecule is COC(=O)CCOCCOCC(O)COCCBr. The van der Waals surface area contributed by atoms with Crippen molar-refractivity contribution in [2.24, 2.45) is 0 Å². The minimum absolute atomic E-state index is 0.211. The van der Waals surface area contributed by atoms with Gasteiger partial charge in [0.2, 0.25) is 0 Å². The average molecular weight is 329 g/mol. The van der Waals surface area contributed by atoms with E-state index in [0.717, 1.165) is 5.33 Å². The Morgan fingerprint density at radius 1 is 1.11 bits per heavy atom. The quantitative estimate of drug-likeness (QED) is 0.316. The number of halogens is 1. The van der Waals surface area contributed by atoms with E-state index in [2.05, 4.69) is 20.7 Å². The van der Waals surface area contributed by atoms with Crippen molar-refractivity contribution in [3.05, 3.63) is 0 Å². The number of carbonyl (C=O) groups excluding carboxylic acids is 1. The molecule has 0 saturated carbocycles. The molecule has 0 spiro atoms. The van der Waals surface area contributed by atoms with E-state index in [9.17, 15) is 9.90 Å². The number of esters is 1. The van der Waals surface area contributed by atoms with Gasteiger partial charge in [-0.25, -0.2) is 0 Å². The van der Waals surface area contributed by atoms with E-state index < -0.39 is 6.10 Å². The topological polar surface area (TPSA) is 74.2 Å². The van der Waals surface area contributed by atoms with Crippen LogP contribution in [0.15, 0.2) is 0 Å². The van der Waals surface area contributed by atoms with Crippen LogP contribution in [0.4, 0.5) is 0 Å². The molecule has 7 heteroatoms. The first-order valence-corrected chi connectivity index (χ1v) is 6.87. The number of alkyl halides is 1. The van der Waals surface area contributed by atoms with Gasteiger partial charge >= 0.3 is 5.97 Å². The molecule has 0 fully saturated rings. The Morgan fingerprint density at radius 2 is 1.72 bits per heavy atom. The fraction of sp³-hybridized carbons (Fsp3) is 0.909. The number of methoxy groups -OCH3 is 1. The summed E-state index contributed by atoms with van der Waals surface area (Å²) >= 11 is 3.22. The first-order valence-electron chi connectivity index (χ1n) is 5.74. The Bertz CT molecular complexity index is 202. The van der Waals surface area contributed by atoms with Crippen LogP contribution in [0.2, 0.25) is 0 Å². The summed E-state index contributed by atoms with van der Waals surface area (Å²) in [6.45, 7) is 2.10. The zero-order valence-corrected chi connectivity index (χ0v) is 12.2. The fourth-order valence-electron chi connectivity index (χ4n) is 1.02. The lowest BCUT2D eigenvalue weighted by atomic mass is 10.4. The Labute approximate surface area is 116 Å². The van der Waals surface area contributed by atoms with Gasteiger partial charge in [-0.1, -0.05) is 15.9 Å². The zero-order valence-electron chi connectivity index (χ0n) is 10.6. The maximum atomic E-state index is 10.7. The first-order chi connectivity index (χ1) is 8.70. The Hall–Kier alpha value is -0.210. The van der Waals surface area contributed by atoms with E-state index in [0.29, 0.717) is 26.4 Å². The van der Waals surface area contributed by atoms with Gasteiger partial charge in [-0.15, -0.1) is 0 Å². The van der Waals surface area contributed by atoms with Crippen LogP contribution >= 0.6 is 15.9 Å². The number of hydrogen-bond donors (Lipinski definition) is 1. The molecule has 0 radical (unpaired) electrons. The molecule has 1 atom stereocenters. The van der Waals surface area contributed by atoms with Crippen molar-refractivity contribution < 1.29 is 28.8 Å². The average Bonchev–Trinajstić information content (AvgIpc) is 2.37. The molecule has 108 valence electrons. The van der Waals surface area contributed by atoms with Gasteiger partial charge in [0.1, 0.15) is 6.10 Å². The standard InChI is InChI=1S/C11H21BrO6/c1-15-11(14)2-4-16-6-7-18-9-10(13)8-17-5-3-12/h10,13H,2-9H2,1H3. The van der Waals surface area contributed by atoms with Crippen molar-refractivity contribution in [2.75, 3.05) is 52.1 Å². The molecule has 0 aromatic heterocycles. The molecule has 0 heterocycles. The second-order valence-electron chi connectivity index (χ2n) is 3.43. The lowest BCUT2D eigenvalue weighted by molar-refractivity contribution is -0.142. The summed E-state index contributed by atoms with van der Waals surface area (Å²) in [6, 6.07) is 0. The molecule has 1 N–H and O–H groups in total. The van der Waals surface area contributed by atoms with E-state index in [1.165, 1.54) is 7.11 Å². The highest BCUT2D eigenvalue weighted by atomic mass is 79.9. The molecule has 0 aromatic carbocycles. The molecule has 6 nitrogen and oxygen atoms in total. The minimum atomic E-state index is -0.626. The number of ether oxygens (including phenoxy) is 4. The summed E-state index contributed by atoms with van der Waals surface area (Å²) in [5.41, 5.74) is 0. The van der Waals surface area contributed by atoms with Gasteiger partial charge in [-0.2, -0.15) is 0 Å². The second-order valence-corrected chi connectivity index (χ2v) is 4.22. The van der Waals surface area contributed by atoms with Crippen LogP contribution in [-0.4, -0.2) is 69.3 Å². The molecule has 1 unspecified atom stereocenters. The molecule has 0 aliphatic heterocycles.